The number of nitrogens with zero attached hydrogens (tertiary/aromatic N) is 1. The summed E-state index contributed by atoms with van der Waals surface area (Å²) in [6.45, 7) is 1.82. The minimum absolute atomic E-state index is 0.135. The Morgan fingerprint density at radius 1 is 0.968 bits per heavy atom. The van der Waals surface area contributed by atoms with Gasteiger partial charge in [-0.05, 0) is 70.8 Å². The van der Waals surface area contributed by atoms with Gasteiger partial charge in [0.2, 0.25) is 0 Å². The largest absolute Gasteiger partial charge is 0.478 e. The van der Waals surface area contributed by atoms with Crippen molar-refractivity contribution in [3.63, 3.8) is 0 Å². The van der Waals surface area contributed by atoms with Crippen molar-refractivity contribution >= 4 is 34.0 Å². The number of carboxylic acids is 1. The van der Waals surface area contributed by atoms with Gasteiger partial charge in [0.25, 0.3) is 0 Å². The molecule has 0 aromatic heterocycles. The van der Waals surface area contributed by atoms with E-state index in [2.05, 4.69) is 53.4 Å². The molecule has 31 heavy (non-hydrogen) atoms. The summed E-state index contributed by atoms with van der Waals surface area (Å²) >= 11 is 6.20. The van der Waals surface area contributed by atoms with E-state index in [-0.39, 0.29) is 10.6 Å². The summed E-state index contributed by atoms with van der Waals surface area (Å²) in [4.78, 5) is 13.5. The number of fused-ring (bicyclic) bond motifs is 2. The van der Waals surface area contributed by atoms with Crippen LogP contribution in [0.25, 0.3) is 10.8 Å². The van der Waals surface area contributed by atoms with Crippen LogP contribution in [0.5, 0.6) is 11.5 Å². The summed E-state index contributed by atoms with van der Waals surface area (Å²) in [5, 5.41) is 11.9. The lowest BCUT2D eigenvalue weighted by molar-refractivity contribution is 0.0697. The fraction of sp³-hybridized carbons (Fsp3) is 0.115. The molecular formula is C26H20ClNO3. The molecule has 0 saturated heterocycles. The first kappa shape index (κ1) is 19.5. The van der Waals surface area contributed by atoms with Crippen LogP contribution in [0.3, 0.4) is 0 Å². The molecule has 5 rings (SSSR count). The molecule has 0 radical (unpaired) electrons. The van der Waals surface area contributed by atoms with E-state index in [1.165, 1.54) is 39.7 Å². The molecule has 4 nitrogen and oxygen atoms in total. The first-order valence-corrected chi connectivity index (χ1v) is 10.5. The Hall–Kier alpha value is -3.50. The molecule has 1 N–H and O–H groups in total. The third kappa shape index (κ3) is 3.94. The molecule has 0 spiro atoms. The molecule has 1 aliphatic rings. The molecule has 1 heterocycles. The highest BCUT2D eigenvalue weighted by Gasteiger charge is 2.20. The molecule has 1 aliphatic heterocycles. The fourth-order valence-corrected chi connectivity index (χ4v) is 4.29. The molecule has 0 fully saturated rings. The van der Waals surface area contributed by atoms with Crippen molar-refractivity contribution < 1.29 is 14.6 Å². The van der Waals surface area contributed by atoms with Crippen molar-refractivity contribution in [2.45, 2.75) is 13.0 Å². The van der Waals surface area contributed by atoms with Crippen LogP contribution in [0, 0.1) is 0 Å². The van der Waals surface area contributed by atoms with E-state index < -0.39 is 5.97 Å². The van der Waals surface area contributed by atoms with Gasteiger partial charge in [0.15, 0.2) is 0 Å². The summed E-state index contributed by atoms with van der Waals surface area (Å²) in [7, 11) is 0. The van der Waals surface area contributed by atoms with E-state index in [9.17, 15) is 4.79 Å². The van der Waals surface area contributed by atoms with Crippen molar-refractivity contribution in [2.24, 2.45) is 0 Å². The Balaban J connectivity index is 1.34. The summed E-state index contributed by atoms with van der Waals surface area (Å²) < 4.78 is 5.93. The Kier molecular flexibility index (Phi) is 5.00. The molecule has 154 valence electrons. The highest BCUT2D eigenvalue weighted by Crippen LogP contribution is 2.36. The van der Waals surface area contributed by atoms with Gasteiger partial charge in [-0.15, -0.1) is 0 Å². The molecule has 0 atom stereocenters. The lowest BCUT2D eigenvalue weighted by Gasteiger charge is -2.20. The summed E-state index contributed by atoms with van der Waals surface area (Å²) in [6, 6.07) is 25.6. The van der Waals surface area contributed by atoms with Crippen molar-refractivity contribution in [2.75, 3.05) is 11.4 Å². The Morgan fingerprint density at radius 3 is 2.61 bits per heavy atom. The highest BCUT2D eigenvalue weighted by atomic mass is 35.5. The lowest BCUT2D eigenvalue weighted by atomic mass is 10.1. The van der Waals surface area contributed by atoms with E-state index in [0.29, 0.717) is 11.5 Å². The quantitative estimate of drug-likeness (QED) is 0.391. The van der Waals surface area contributed by atoms with Crippen LogP contribution in [-0.2, 0) is 13.0 Å². The third-order valence-corrected chi connectivity index (χ3v) is 5.93. The average molecular weight is 430 g/mol. The molecule has 0 bridgehead atoms. The van der Waals surface area contributed by atoms with Crippen LogP contribution < -0.4 is 9.64 Å². The zero-order valence-corrected chi connectivity index (χ0v) is 17.5. The smallest absolute Gasteiger partial charge is 0.335 e. The first-order valence-electron chi connectivity index (χ1n) is 10.1. The molecule has 0 amide bonds. The van der Waals surface area contributed by atoms with Crippen LogP contribution in [0.15, 0.2) is 78.9 Å². The molecule has 4 aromatic carbocycles. The number of carboxylic acid groups (broad SMARTS) is 1. The minimum Gasteiger partial charge on any atom is -0.478 e. The van der Waals surface area contributed by atoms with Gasteiger partial charge < -0.3 is 14.7 Å². The number of benzene rings is 4. The standard InChI is InChI=1S/C26H20ClNO3/c27-23-15-21(26(29)30)7-10-25(23)31-22-8-9-24-20(14-22)11-12-28(24)16-17-5-6-18-3-1-2-4-19(18)13-17/h1-10,13-15H,11-12,16H2,(H,29,30). The maximum absolute atomic E-state index is 11.1. The Labute approximate surface area is 185 Å². The minimum atomic E-state index is -1.02. The maximum atomic E-state index is 11.1. The van der Waals surface area contributed by atoms with E-state index in [0.717, 1.165) is 19.5 Å². The van der Waals surface area contributed by atoms with Crippen LogP contribution in [0.1, 0.15) is 21.5 Å². The molecule has 0 aliphatic carbocycles. The zero-order chi connectivity index (χ0) is 21.4. The highest BCUT2D eigenvalue weighted by molar-refractivity contribution is 6.32. The predicted molar refractivity (Wildman–Crippen MR) is 124 cm³/mol. The normalized spacial score (nSPS) is 12.7. The van der Waals surface area contributed by atoms with E-state index in [4.69, 9.17) is 21.4 Å². The Morgan fingerprint density at radius 2 is 1.81 bits per heavy atom. The van der Waals surface area contributed by atoms with Gasteiger partial charge in [-0.25, -0.2) is 4.79 Å². The summed E-state index contributed by atoms with van der Waals surface area (Å²) in [6.07, 6.45) is 0.950. The van der Waals surface area contributed by atoms with Crippen molar-refractivity contribution in [1.29, 1.82) is 0 Å². The van der Waals surface area contributed by atoms with Gasteiger partial charge in [-0.1, -0.05) is 48.0 Å². The number of halogens is 1. The number of hydrogen-bond donors (Lipinski definition) is 1. The second-order valence-corrected chi connectivity index (χ2v) is 8.10. The number of rotatable bonds is 5. The van der Waals surface area contributed by atoms with Crippen molar-refractivity contribution in [3.05, 3.63) is 101 Å². The number of aromatic carboxylic acids is 1. The number of carbonyl (C=O) groups is 1. The predicted octanol–water partition coefficient (Wildman–Crippen LogP) is 6.55. The first-order chi connectivity index (χ1) is 15.1. The van der Waals surface area contributed by atoms with Gasteiger partial charge in [-0.2, -0.15) is 0 Å². The Bertz CT molecular complexity index is 1300. The SMILES string of the molecule is O=C(O)c1ccc(Oc2ccc3c(c2)CCN3Cc2ccc3ccccc3c2)c(Cl)c1. The van der Waals surface area contributed by atoms with Crippen molar-refractivity contribution in [1.82, 2.24) is 0 Å². The molecule has 0 unspecified atom stereocenters. The average Bonchev–Trinajstić information content (AvgIpc) is 3.17. The number of hydrogen-bond acceptors (Lipinski definition) is 3. The van der Waals surface area contributed by atoms with Gasteiger partial charge in [0.1, 0.15) is 11.5 Å². The number of ether oxygens (including phenoxy) is 1. The van der Waals surface area contributed by atoms with Crippen LogP contribution in [-0.4, -0.2) is 17.6 Å². The fourth-order valence-electron chi connectivity index (χ4n) is 4.08. The van der Waals surface area contributed by atoms with E-state index in [1.54, 1.807) is 6.07 Å². The van der Waals surface area contributed by atoms with Gasteiger partial charge in [0, 0.05) is 18.8 Å². The second-order valence-electron chi connectivity index (χ2n) is 7.70. The van der Waals surface area contributed by atoms with Gasteiger partial charge >= 0.3 is 5.97 Å². The zero-order valence-electron chi connectivity index (χ0n) is 16.7. The molecule has 5 heteroatoms. The monoisotopic (exact) mass is 429 g/mol. The summed E-state index contributed by atoms with van der Waals surface area (Å²) in [5.74, 6) is 0.117. The van der Waals surface area contributed by atoms with Crippen LogP contribution in [0.4, 0.5) is 5.69 Å². The van der Waals surface area contributed by atoms with Gasteiger partial charge in [0.05, 0.1) is 10.6 Å². The third-order valence-electron chi connectivity index (χ3n) is 5.64. The van der Waals surface area contributed by atoms with E-state index in [1.807, 2.05) is 12.1 Å². The van der Waals surface area contributed by atoms with Crippen LogP contribution >= 0.6 is 11.6 Å². The number of anilines is 1. The molecular weight excluding hydrogens is 410 g/mol. The molecule has 4 aromatic rings. The van der Waals surface area contributed by atoms with Crippen LogP contribution in [0.2, 0.25) is 5.02 Å². The van der Waals surface area contributed by atoms with Gasteiger partial charge in [-0.3, -0.25) is 0 Å². The summed E-state index contributed by atoms with van der Waals surface area (Å²) in [5.41, 5.74) is 3.87. The topological polar surface area (TPSA) is 49.8 Å². The molecule has 0 saturated carbocycles. The van der Waals surface area contributed by atoms with E-state index >= 15 is 0 Å². The lowest BCUT2D eigenvalue weighted by Crippen LogP contribution is -2.19. The maximum Gasteiger partial charge on any atom is 0.335 e. The second kappa shape index (κ2) is 7.97. The van der Waals surface area contributed by atoms with Crippen molar-refractivity contribution in [3.8, 4) is 11.5 Å².